The molecule has 1 aliphatic carbocycles. The van der Waals surface area contributed by atoms with Crippen molar-refractivity contribution >= 4 is 22.1 Å². The molecule has 1 nitrogen and oxygen atoms in total. The Labute approximate surface area is 205 Å². The van der Waals surface area contributed by atoms with Gasteiger partial charge in [0, 0.05) is 16.8 Å². The number of fused-ring (bicyclic) bond motifs is 2. The van der Waals surface area contributed by atoms with Crippen LogP contribution in [0, 0.1) is 0 Å². The van der Waals surface area contributed by atoms with E-state index in [4.69, 9.17) is 0 Å². The van der Waals surface area contributed by atoms with Crippen molar-refractivity contribution in [3.8, 4) is 11.1 Å². The Bertz CT molecular complexity index is 1390. The molecule has 5 rings (SSSR count). The third-order valence-corrected chi connectivity index (χ3v) is 7.54. The van der Waals surface area contributed by atoms with E-state index in [-0.39, 0.29) is 16.2 Å². The summed E-state index contributed by atoms with van der Waals surface area (Å²) in [6.45, 7) is 18.4. The third kappa shape index (κ3) is 3.72. The molecular formula is C33H37N. The van der Waals surface area contributed by atoms with Gasteiger partial charge in [0.25, 0.3) is 0 Å². The molecule has 0 fully saturated rings. The Hall–Kier alpha value is -3.06. The summed E-state index contributed by atoms with van der Waals surface area (Å²) in [6, 6.07) is 27.3. The van der Waals surface area contributed by atoms with Crippen LogP contribution in [0.15, 0.2) is 72.8 Å². The maximum atomic E-state index is 3.65. The van der Waals surface area contributed by atoms with Crippen molar-refractivity contribution in [2.45, 2.75) is 71.6 Å². The second-order valence-electron chi connectivity index (χ2n) is 12.5. The first-order valence-corrected chi connectivity index (χ1v) is 12.5. The minimum Gasteiger partial charge on any atom is -0.356 e. The predicted molar refractivity (Wildman–Crippen MR) is 149 cm³/mol. The fraction of sp³-hybridized carbons (Fsp3) is 0.333. The Kier molecular flexibility index (Phi) is 4.99. The number of hydrogen-bond acceptors (Lipinski definition) is 1. The highest BCUT2D eigenvalue weighted by Gasteiger charge is 2.34. The van der Waals surface area contributed by atoms with E-state index in [9.17, 15) is 0 Å². The van der Waals surface area contributed by atoms with Crippen LogP contribution in [-0.4, -0.2) is 0 Å². The van der Waals surface area contributed by atoms with Crippen molar-refractivity contribution in [1.82, 2.24) is 0 Å². The van der Waals surface area contributed by atoms with Gasteiger partial charge in [-0.3, -0.25) is 0 Å². The van der Waals surface area contributed by atoms with Crippen LogP contribution in [0.2, 0.25) is 0 Å². The Balaban J connectivity index is 1.61. The lowest BCUT2D eigenvalue weighted by Crippen LogP contribution is -2.25. The van der Waals surface area contributed by atoms with Crippen LogP contribution < -0.4 is 5.32 Å². The average Bonchev–Trinajstić information content (AvgIpc) is 2.76. The van der Waals surface area contributed by atoms with Crippen molar-refractivity contribution in [2.75, 3.05) is 5.32 Å². The molecule has 0 unspecified atom stereocenters. The summed E-state index contributed by atoms with van der Waals surface area (Å²) in [4.78, 5) is 0. The zero-order chi connectivity index (χ0) is 24.5. The summed E-state index contributed by atoms with van der Waals surface area (Å²) in [5.74, 6) is 0. The van der Waals surface area contributed by atoms with Gasteiger partial charge in [-0.25, -0.2) is 0 Å². The zero-order valence-electron chi connectivity index (χ0n) is 21.9. The first-order chi connectivity index (χ1) is 15.9. The van der Waals surface area contributed by atoms with Crippen molar-refractivity contribution in [3.05, 3.63) is 95.1 Å². The maximum Gasteiger partial charge on any atom is 0.0387 e. The summed E-state index contributed by atoms with van der Waals surface area (Å²) in [5, 5.41) is 6.41. The fourth-order valence-corrected chi connectivity index (χ4v) is 5.32. The lowest BCUT2D eigenvalue weighted by Gasteiger charge is -2.37. The van der Waals surface area contributed by atoms with Gasteiger partial charge >= 0.3 is 0 Å². The quantitative estimate of drug-likeness (QED) is 0.322. The highest BCUT2D eigenvalue weighted by Crippen LogP contribution is 2.50. The summed E-state index contributed by atoms with van der Waals surface area (Å²) in [7, 11) is 0. The number of hydrogen-bond donors (Lipinski definition) is 1. The molecule has 0 amide bonds. The molecule has 1 N–H and O–H groups in total. The first kappa shape index (κ1) is 22.7. The van der Waals surface area contributed by atoms with E-state index < -0.39 is 0 Å². The molecule has 0 aliphatic heterocycles. The van der Waals surface area contributed by atoms with E-state index in [0.29, 0.717) is 0 Å². The van der Waals surface area contributed by atoms with Crippen LogP contribution in [-0.2, 0) is 16.2 Å². The van der Waals surface area contributed by atoms with Gasteiger partial charge in [-0.1, -0.05) is 104 Å². The molecule has 0 atom stereocenters. The van der Waals surface area contributed by atoms with E-state index in [2.05, 4.69) is 134 Å². The van der Waals surface area contributed by atoms with Gasteiger partial charge in [0.1, 0.15) is 0 Å². The molecule has 1 aliphatic rings. The molecule has 34 heavy (non-hydrogen) atoms. The second kappa shape index (κ2) is 7.47. The highest BCUT2D eigenvalue weighted by molar-refractivity contribution is 6.04. The topological polar surface area (TPSA) is 12.0 Å². The van der Waals surface area contributed by atoms with Gasteiger partial charge < -0.3 is 5.32 Å². The average molecular weight is 448 g/mol. The Morgan fingerprint density at radius 3 is 1.88 bits per heavy atom. The van der Waals surface area contributed by atoms with Crippen LogP contribution in [0.5, 0.6) is 0 Å². The maximum absolute atomic E-state index is 3.65. The largest absolute Gasteiger partial charge is 0.356 e. The van der Waals surface area contributed by atoms with Crippen LogP contribution in [0.4, 0.5) is 11.4 Å². The zero-order valence-corrected chi connectivity index (χ0v) is 21.9. The highest BCUT2D eigenvalue weighted by atomic mass is 14.9. The minimum atomic E-state index is -0.0863. The molecule has 0 radical (unpaired) electrons. The minimum absolute atomic E-state index is 0.0863. The molecule has 0 bridgehead atoms. The second-order valence-corrected chi connectivity index (χ2v) is 12.5. The lowest BCUT2D eigenvalue weighted by molar-refractivity contribution is 0.584. The fourth-order valence-electron chi connectivity index (χ4n) is 5.32. The van der Waals surface area contributed by atoms with Gasteiger partial charge in [-0.05, 0) is 79.2 Å². The van der Waals surface area contributed by atoms with Crippen LogP contribution in [0.1, 0.15) is 77.6 Å². The molecule has 0 saturated heterocycles. The monoisotopic (exact) mass is 447 g/mol. The van der Waals surface area contributed by atoms with E-state index in [1.54, 1.807) is 0 Å². The number of anilines is 2. The molecule has 1 heteroatoms. The predicted octanol–water partition coefficient (Wildman–Crippen LogP) is 9.48. The molecule has 4 aromatic rings. The number of benzene rings is 4. The van der Waals surface area contributed by atoms with Crippen LogP contribution >= 0.6 is 0 Å². The third-order valence-electron chi connectivity index (χ3n) is 7.54. The molecule has 0 aromatic heterocycles. The van der Waals surface area contributed by atoms with Gasteiger partial charge in [-0.15, -0.1) is 0 Å². The van der Waals surface area contributed by atoms with Gasteiger partial charge in [-0.2, -0.15) is 0 Å². The van der Waals surface area contributed by atoms with Gasteiger partial charge in [0.15, 0.2) is 0 Å². The van der Waals surface area contributed by atoms with Crippen LogP contribution in [0.3, 0.4) is 0 Å². The van der Waals surface area contributed by atoms with Gasteiger partial charge in [0.05, 0.1) is 0 Å². The molecule has 174 valence electrons. The van der Waals surface area contributed by atoms with E-state index in [0.717, 1.165) is 11.4 Å². The lowest BCUT2D eigenvalue weighted by atomic mass is 9.67. The molecule has 0 spiro atoms. The SMILES string of the molecule is CC(C)(C)c1ccc(Nc2ccc3c(c2)C(C)(C)c2cc(C(C)(C)C)cc4cccc-3c24)cc1. The van der Waals surface area contributed by atoms with E-state index >= 15 is 0 Å². The molecule has 0 saturated carbocycles. The van der Waals surface area contributed by atoms with E-state index in [1.807, 2.05) is 0 Å². The van der Waals surface area contributed by atoms with Crippen molar-refractivity contribution in [1.29, 1.82) is 0 Å². The smallest absolute Gasteiger partial charge is 0.0387 e. The summed E-state index contributed by atoms with van der Waals surface area (Å²) >= 11 is 0. The number of nitrogens with one attached hydrogen (secondary N) is 1. The molecule has 0 heterocycles. The number of rotatable bonds is 2. The van der Waals surface area contributed by atoms with Gasteiger partial charge in [0.2, 0.25) is 0 Å². The molecular weight excluding hydrogens is 410 g/mol. The van der Waals surface area contributed by atoms with Crippen molar-refractivity contribution in [3.63, 3.8) is 0 Å². The summed E-state index contributed by atoms with van der Waals surface area (Å²) in [6.07, 6.45) is 0. The molecule has 4 aromatic carbocycles. The first-order valence-electron chi connectivity index (χ1n) is 12.5. The summed E-state index contributed by atoms with van der Waals surface area (Å²) in [5.41, 5.74) is 10.7. The van der Waals surface area contributed by atoms with Crippen molar-refractivity contribution in [2.24, 2.45) is 0 Å². The Morgan fingerprint density at radius 2 is 1.24 bits per heavy atom. The Morgan fingerprint density at radius 1 is 0.588 bits per heavy atom. The van der Waals surface area contributed by atoms with Crippen LogP contribution in [0.25, 0.3) is 21.9 Å². The standard InChI is InChI=1S/C33H37N/c1-31(2,3)22-12-14-24(15-13-22)34-25-16-17-26-27-11-9-10-21-18-23(32(4,5)6)19-29(30(21)27)33(7,8)28(26)20-25/h9-20,34H,1-8H3. The van der Waals surface area contributed by atoms with Crippen molar-refractivity contribution < 1.29 is 0 Å². The van der Waals surface area contributed by atoms with E-state index in [1.165, 1.54) is 44.2 Å². The normalized spacial score (nSPS) is 14.7. The summed E-state index contributed by atoms with van der Waals surface area (Å²) < 4.78 is 0.